The highest BCUT2D eigenvalue weighted by Crippen LogP contribution is 2.19. The molecule has 0 aromatic heterocycles. The Labute approximate surface area is 110 Å². The summed E-state index contributed by atoms with van der Waals surface area (Å²) in [5.74, 6) is -0.325. The summed E-state index contributed by atoms with van der Waals surface area (Å²) in [6.45, 7) is 7.55. The molecule has 1 aliphatic heterocycles. The maximum Gasteiger partial charge on any atom is 0.325 e. The van der Waals surface area contributed by atoms with Crippen LogP contribution >= 0.6 is 0 Å². The van der Waals surface area contributed by atoms with Gasteiger partial charge in [-0.1, -0.05) is 0 Å². The zero-order valence-corrected chi connectivity index (χ0v) is 11.9. The van der Waals surface area contributed by atoms with Crippen LogP contribution in [0.5, 0.6) is 0 Å². The molecule has 0 aliphatic carbocycles. The van der Waals surface area contributed by atoms with Crippen LogP contribution in [-0.4, -0.2) is 55.4 Å². The first kappa shape index (κ1) is 15.4. The molecule has 1 saturated heterocycles. The molecule has 1 rings (SSSR count). The summed E-state index contributed by atoms with van der Waals surface area (Å²) in [5.41, 5.74) is 5.09. The van der Waals surface area contributed by atoms with Crippen molar-refractivity contribution in [2.75, 3.05) is 26.8 Å². The van der Waals surface area contributed by atoms with Gasteiger partial charge in [-0.3, -0.25) is 4.79 Å². The molecule has 0 aromatic carbocycles. The molecule has 2 N–H and O–H groups in total. The number of carbonyl (C=O) groups is 1. The number of ether oxygens (including phenoxy) is 2. The van der Waals surface area contributed by atoms with Gasteiger partial charge in [0.05, 0.1) is 12.7 Å². The van der Waals surface area contributed by atoms with Gasteiger partial charge in [0.25, 0.3) is 0 Å². The van der Waals surface area contributed by atoms with Gasteiger partial charge in [-0.25, -0.2) is 0 Å². The van der Waals surface area contributed by atoms with Crippen molar-refractivity contribution >= 4 is 5.97 Å². The molecular weight excluding hydrogens is 232 g/mol. The van der Waals surface area contributed by atoms with Gasteiger partial charge in [0, 0.05) is 19.2 Å². The van der Waals surface area contributed by atoms with Crippen LogP contribution < -0.4 is 5.73 Å². The van der Waals surface area contributed by atoms with Crippen LogP contribution in [0.1, 0.15) is 33.6 Å². The van der Waals surface area contributed by atoms with Crippen molar-refractivity contribution in [3.8, 4) is 0 Å². The molecule has 1 heterocycles. The SMILES string of the molecule is CCOC(=O)C(C)(N)CCN(C)C1CCOC1C. The number of nitrogens with zero attached hydrogens (tertiary/aromatic N) is 1. The summed E-state index contributed by atoms with van der Waals surface area (Å²) in [6.07, 6.45) is 1.88. The monoisotopic (exact) mass is 258 g/mol. The molecule has 1 aliphatic rings. The van der Waals surface area contributed by atoms with Crippen molar-refractivity contribution < 1.29 is 14.3 Å². The lowest BCUT2D eigenvalue weighted by molar-refractivity contribution is -0.149. The topological polar surface area (TPSA) is 64.8 Å². The largest absolute Gasteiger partial charge is 0.465 e. The van der Waals surface area contributed by atoms with Gasteiger partial charge < -0.3 is 20.1 Å². The maximum atomic E-state index is 11.7. The van der Waals surface area contributed by atoms with Crippen molar-refractivity contribution in [3.63, 3.8) is 0 Å². The van der Waals surface area contributed by atoms with Crippen molar-refractivity contribution in [3.05, 3.63) is 0 Å². The summed E-state index contributed by atoms with van der Waals surface area (Å²) in [4.78, 5) is 13.9. The molecule has 106 valence electrons. The third-order valence-corrected chi connectivity index (χ3v) is 3.63. The van der Waals surface area contributed by atoms with E-state index in [1.807, 2.05) is 0 Å². The average molecular weight is 258 g/mol. The second-order valence-corrected chi connectivity index (χ2v) is 5.30. The molecule has 1 fully saturated rings. The second kappa shape index (κ2) is 6.50. The van der Waals surface area contributed by atoms with Gasteiger partial charge in [0.2, 0.25) is 0 Å². The van der Waals surface area contributed by atoms with Crippen molar-refractivity contribution in [2.24, 2.45) is 5.73 Å². The Kier molecular flexibility index (Phi) is 5.56. The number of nitrogens with two attached hydrogens (primary N) is 1. The van der Waals surface area contributed by atoms with E-state index in [0.29, 0.717) is 19.1 Å². The maximum absolute atomic E-state index is 11.7. The van der Waals surface area contributed by atoms with Crippen molar-refractivity contribution in [2.45, 2.75) is 51.3 Å². The third-order valence-electron chi connectivity index (χ3n) is 3.63. The first-order valence-electron chi connectivity index (χ1n) is 6.66. The van der Waals surface area contributed by atoms with E-state index in [4.69, 9.17) is 15.2 Å². The standard InChI is InChI=1S/C13H26N2O3/c1-5-17-12(16)13(3,14)7-8-15(4)11-6-9-18-10(11)2/h10-11H,5-9,14H2,1-4H3. The van der Waals surface area contributed by atoms with E-state index >= 15 is 0 Å². The van der Waals surface area contributed by atoms with Crippen molar-refractivity contribution in [1.82, 2.24) is 4.90 Å². The summed E-state index contributed by atoms with van der Waals surface area (Å²) < 4.78 is 10.5. The number of rotatable bonds is 6. The van der Waals surface area contributed by atoms with Crippen LogP contribution in [0.15, 0.2) is 0 Å². The van der Waals surface area contributed by atoms with E-state index in [1.165, 1.54) is 0 Å². The molecule has 0 amide bonds. The summed E-state index contributed by atoms with van der Waals surface area (Å²) >= 11 is 0. The fourth-order valence-electron chi connectivity index (χ4n) is 2.27. The Morgan fingerprint density at radius 3 is 2.78 bits per heavy atom. The molecule has 0 saturated carbocycles. The lowest BCUT2D eigenvalue weighted by Crippen LogP contribution is -2.49. The van der Waals surface area contributed by atoms with Crippen LogP contribution in [0, 0.1) is 0 Å². The lowest BCUT2D eigenvalue weighted by atomic mass is 9.98. The average Bonchev–Trinajstić information content (AvgIpc) is 2.73. The van der Waals surface area contributed by atoms with Crippen LogP contribution in [0.4, 0.5) is 0 Å². The summed E-state index contributed by atoms with van der Waals surface area (Å²) in [5, 5.41) is 0. The number of hydrogen-bond acceptors (Lipinski definition) is 5. The van der Waals surface area contributed by atoms with E-state index in [0.717, 1.165) is 19.6 Å². The molecule has 0 bridgehead atoms. The van der Waals surface area contributed by atoms with Gasteiger partial charge in [-0.15, -0.1) is 0 Å². The molecule has 0 radical (unpaired) electrons. The zero-order valence-electron chi connectivity index (χ0n) is 11.9. The molecular formula is C13H26N2O3. The number of esters is 1. The third kappa shape index (κ3) is 3.93. The lowest BCUT2D eigenvalue weighted by Gasteiger charge is -2.30. The Morgan fingerprint density at radius 2 is 2.28 bits per heavy atom. The van der Waals surface area contributed by atoms with Gasteiger partial charge >= 0.3 is 5.97 Å². The number of hydrogen-bond donors (Lipinski definition) is 1. The number of likely N-dealkylation sites (N-methyl/N-ethyl adjacent to an activating group) is 1. The van der Waals surface area contributed by atoms with Gasteiger partial charge in [-0.05, 0) is 40.7 Å². The Balaban J connectivity index is 2.41. The minimum absolute atomic E-state index is 0.252. The first-order valence-corrected chi connectivity index (χ1v) is 6.66. The molecule has 3 atom stereocenters. The van der Waals surface area contributed by atoms with Gasteiger partial charge in [0.1, 0.15) is 5.54 Å². The number of carbonyl (C=O) groups excluding carboxylic acids is 1. The van der Waals surface area contributed by atoms with E-state index < -0.39 is 5.54 Å². The Hall–Kier alpha value is -0.650. The van der Waals surface area contributed by atoms with Crippen LogP contribution in [0.25, 0.3) is 0 Å². The molecule has 18 heavy (non-hydrogen) atoms. The first-order chi connectivity index (χ1) is 8.38. The smallest absolute Gasteiger partial charge is 0.325 e. The summed E-state index contributed by atoms with van der Waals surface area (Å²) in [7, 11) is 2.05. The molecule has 5 nitrogen and oxygen atoms in total. The second-order valence-electron chi connectivity index (χ2n) is 5.30. The predicted octanol–water partition coefficient (Wildman–Crippen LogP) is 0.766. The van der Waals surface area contributed by atoms with Gasteiger partial charge in [-0.2, -0.15) is 0 Å². The molecule has 3 unspecified atom stereocenters. The summed E-state index contributed by atoms with van der Waals surface area (Å²) in [6, 6.07) is 0.419. The zero-order chi connectivity index (χ0) is 13.8. The van der Waals surface area contributed by atoms with Crippen LogP contribution in [-0.2, 0) is 14.3 Å². The van der Waals surface area contributed by atoms with Crippen molar-refractivity contribution in [1.29, 1.82) is 0 Å². The van der Waals surface area contributed by atoms with E-state index in [9.17, 15) is 4.79 Å². The minimum Gasteiger partial charge on any atom is -0.465 e. The minimum atomic E-state index is -0.910. The molecule has 0 spiro atoms. The van der Waals surface area contributed by atoms with E-state index in [2.05, 4.69) is 18.9 Å². The predicted molar refractivity (Wildman–Crippen MR) is 70.3 cm³/mol. The Bertz CT molecular complexity index is 281. The molecule has 5 heteroatoms. The van der Waals surface area contributed by atoms with Crippen LogP contribution in [0.2, 0.25) is 0 Å². The Morgan fingerprint density at radius 1 is 1.61 bits per heavy atom. The van der Waals surface area contributed by atoms with Gasteiger partial charge in [0.15, 0.2) is 0 Å². The fourth-order valence-corrected chi connectivity index (χ4v) is 2.27. The highest BCUT2D eigenvalue weighted by atomic mass is 16.5. The van der Waals surface area contributed by atoms with Crippen LogP contribution in [0.3, 0.4) is 0 Å². The highest BCUT2D eigenvalue weighted by molar-refractivity contribution is 5.79. The van der Waals surface area contributed by atoms with E-state index in [1.54, 1.807) is 13.8 Å². The normalized spacial score (nSPS) is 27.2. The highest BCUT2D eigenvalue weighted by Gasteiger charge is 2.33. The quantitative estimate of drug-likeness (QED) is 0.713. The fraction of sp³-hybridized carbons (Fsp3) is 0.923. The molecule has 0 aromatic rings. The van der Waals surface area contributed by atoms with E-state index in [-0.39, 0.29) is 12.1 Å².